The van der Waals surface area contributed by atoms with E-state index in [1.165, 1.54) is 0 Å². The van der Waals surface area contributed by atoms with Crippen LogP contribution >= 0.6 is 0 Å². The smallest absolute Gasteiger partial charge is 0.0646 e. The molecule has 0 bridgehead atoms. The maximum absolute atomic E-state index is 6.16. The molecule has 1 aliphatic rings. The van der Waals surface area contributed by atoms with E-state index in [0.717, 1.165) is 39.0 Å². The van der Waals surface area contributed by atoms with E-state index in [1.54, 1.807) is 0 Å². The Hall–Kier alpha value is -0.120. The van der Waals surface area contributed by atoms with Gasteiger partial charge in [0.25, 0.3) is 0 Å². The van der Waals surface area contributed by atoms with Gasteiger partial charge in [-0.1, -0.05) is 13.3 Å². The molecule has 0 radical (unpaired) electrons. The second-order valence-corrected chi connectivity index (χ2v) is 5.12. The molecule has 1 fully saturated rings. The topological polar surface area (TPSA) is 47.3 Å². The lowest BCUT2D eigenvalue weighted by Crippen LogP contribution is -2.53. The second-order valence-electron chi connectivity index (χ2n) is 5.12. The van der Waals surface area contributed by atoms with Crippen LogP contribution in [0.2, 0.25) is 0 Å². The van der Waals surface area contributed by atoms with Crippen LogP contribution in [0.3, 0.4) is 0 Å². The maximum Gasteiger partial charge on any atom is 0.0646 e. The third kappa shape index (κ3) is 3.56. The molecular weight excluding hydrogens is 176 g/mol. The Labute approximate surface area is 87.4 Å². The third-order valence-corrected chi connectivity index (χ3v) is 2.96. The molecule has 0 aromatic carbocycles. The van der Waals surface area contributed by atoms with Gasteiger partial charge in [0.2, 0.25) is 0 Å². The number of hydrogen-bond donors (Lipinski definition) is 2. The van der Waals surface area contributed by atoms with Crippen LogP contribution in [0.1, 0.15) is 40.0 Å². The Morgan fingerprint density at radius 1 is 1.57 bits per heavy atom. The largest absolute Gasteiger partial charge is 0.379 e. The summed E-state index contributed by atoms with van der Waals surface area (Å²) in [5, 5.41) is 3.53. The summed E-state index contributed by atoms with van der Waals surface area (Å²) in [5.41, 5.74) is 6.23. The van der Waals surface area contributed by atoms with Crippen LogP contribution in [0, 0.1) is 0 Å². The Morgan fingerprint density at radius 3 is 2.79 bits per heavy atom. The van der Waals surface area contributed by atoms with Gasteiger partial charge < -0.3 is 15.8 Å². The van der Waals surface area contributed by atoms with Gasteiger partial charge in [-0.25, -0.2) is 0 Å². The molecule has 84 valence electrons. The molecule has 0 amide bonds. The summed E-state index contributed by atoms with van der Waals surface area (Å²) in [6.45, 7) is 9.06. The highest BCUT2D eigenvalue weighted by atomic mass is 16.5. The highest BCUT2D eigenvalue weighted by molar-refractivity contribution is 4.91. The zero-order valence-corrected chi connectivity index (χ0v) is 9.73. The Balaban J connectivity index is 2.31. The summed E-state index contributed by atoms with van der Waals surface area (Å²) < 4.78 is 5.38. The number of nitrogens with one attached hydrogen (secondary N) is 1. The van der Waals surface area contributed by atoms with Crippen LogP contribution in [-0.2, 0) is 4.74 Å². The molecule has 1 saturated heterocycles. The van der Waals surface area contributed by atoms with E-state index in [4.69, 9.17) is 10.5 Å². The first kappa shape index (κ1) is 12.0. The Morgan fingerprint density at radius 2 is 2.29 bits per heavy atom. The van der Waals surface area contributed by atoms with Crippen LogP contribution in [-0.4, -0.2) is 30.8 Å². The quantitative estimate of drug-likeness (QED) is 0.702. The van der Waals surface area contributed by atoms with Crippen molar-refractivity contribution in [2.24, 2.45) is 5.73 Å². The van der Waals surface area contributed by atoms with E-state index in [0.29, 0.717) is 0 Å². The number of rotatable bonds is 5. The first-order valence-electron chi connectivity index (χ1n) is 5.59. The van der Waals surface area contributed by atoms with Gasteiger partial charge in [0.05, 0.1) is 6.61 Å². The molecule has 2 atom stereocenters. The van der Waals surface area contributed by atoms with Gasteiger partial charge in [0.1, 0.15) is 0 Å². The van der Waals surface area contributed by atoms with Gasteiger partial charge in [-0.2, -0.15) is 0 Å². The Bertz CT molecular complexity index is 174. The first-order valence-corrected chi connectivity index (χ1v) is 5.59. The lowest BCUT2D eigenvalue weighted by Gasteiger charge is -2.31. The van der Waals surface area contributed by atoms with Crippen molar-refractivity contribution in [1.82, 2.24) is 5.32 Å². The zero-order chi connectivity index (χ0) is 10.7. The van der Waals surface area contributed by atoms with E-state index < -0.39 is 0 Å². The van der Waals surface area contributed by atoms with Crippen molar-refractivity contribution in [3.8, 4) is 0 Å². The van der Waals surface area contributed by atoms with E-state index in [9.17, 15) is 0 Å². The van der Waals surface area contributed by atoms with E-state index >= 15 is 0 Å². The van der Waals surface area contributed by atoms with Crippen LogP contribution in [0.15, 0.2) is 0 Å². The first-order chi connectivity index (χ1) is 6.47. The van der Waals surface area contributed by atoms with Crippen LogP contribution in [0.25, 0.3) is 0 Å². The summed E-state index contributed by atoms with van der Waals surface area (Å²) in [6.07, 6.45) is 3.30. The summed E-state index contributed by atoms with van der Waals surface area (Å²) in [6, 6.07) is 0. The average Bonchev–Trinajstić information content (AvgIpc) is 2.50. The summed E-state index contributed by atoms with van der Waals surface area (Å²) in [4.78, 5) is 0. The molecule has 2 unspecified atom stereocenters. The average molecular weight is 200 g/mol. The van der Waals surface area contributed by atoms with E-state index in [2.05, 4.69) is 26.1 Å². The fourth-order valence-electron chi connectivity index (χ4n) is 1.88. The van der Waals surface area contributed by atoms with Crippen molar-refractivity contribution in [2.75, 3.05) is 19.8 Å². The lowest BCUT2D eigenvalue weighted by atomic mass is 9.94. The van der Waals surface area contributed by atoms with Gasteiger partial charge in [-0.15, -0.1) is 0 Å². The molecule has 0 aromatic rings. The molecule has 14 heavy (non-hydrogen) atoms. The monoisotopic (exact) mass is 200 g/mol. The van der Waals surface area contributed by atoms with Gasteiger partial charge in [0, 0.05) is 24.2 Å². The lowest BCUT2D eigenvalue weighted by molar-refractivity contribution is 0.168. The van der Waals surface area contributed by atoms with Crippen LogP contribution in [0.5, 0.6) is 0 Å². The van der Waals surface area contributed by atoms with Crippen molar-refractivity contribution in [3.05, 3.63) is 0 Å². The molecule has 0 saturated carbocycles. The standard InChI is InChI=1S/C11H24N2O/c1-4-5-10(2,12)8-13-11(3)6-7-14-9-11/h13H,4-9,12H2,1-3H3. The zero-order valence-electron chi connectivity index (χ0n) is 9.73. The third-order valence-electron chi connectivity index (χ3n) is 2.96. The fourth-order valence-corrected chi connectivity index (χ4v) is 1.88. The normalized spacial score (nSPS) is 31.7. The molecule has 3 nitrogen and oxygen atoms in total. The predicted molar refractivity (Wildman–Crippen MR) is 59.3 cm³/mol. The maximum atomic E-state index is 6.16. The summed E-state index contributed by atoms with van der Waals surface area (Å²) in [5.74, 6) is 0. The van der Waals surface area contributed by atoms with Crippen molar-refractivity contribution in [1.29, 1.82) is 0 Å². The van der Waals surface area contributed by atoms with Gasteiger partial charge >= 0.3 is 0 Å². The molecular formula is C11H24N2O. The number of ether oxygens (including phenoxy) is 1. The minimum atomic E-state index is -0.0830. The molecule has 1 aliphatic heterocycles. The van der Waals surface area contributed by atoms with Crippen molar-refractivity contribution >= 4 is 0 Å². The number of nitrogens with two attached hydrogens (primary N) is 1. The molecule has 0 spiro atoms. The number of hydrogen-bond acceptors (Lipinski definition) is 3. The highest BCUT2D eigenvalue weighted by Gasteiger charge is 2.31. The van der Waals surface area contributed by atoms with Crippen LogP contribution in [0.4, 0.5) is 0 Å². The molecule has 1 heterocycles. The predicted octanol–water partition coefficient (Wildman–Crippen LogP) is 1.27. The molecule has 3 N–H and O–H groups in total. The molecule has 1 rings (SSSR count). The van der Waals surface area contributed by atoms with Gasteiger partial charge in [-0.05, 0) is 26.7 Å². The van der Waals surface area contributed by atoms with Crippen molar-refractivity contribution < 1.29 is 4.74 Å². The molecule has 0 aliphatic carbocycles. The second kappa shape index (κ2) is 4.60. The fraction of sp³-hybridized carbons (Fsp3) is 1.00. The van der Waals surface area contributed by atoms with Crippen LogP contribution < -0.4 is 11.1 Å². The van der Waals surface area contributed by atoms with Gasteiger partial charge in [-0.3, -0.25) is 0 Å². The summed E-state index contributed by atoms with van der Waals surface area (Å²) in [7, 11) is 0. The van der Waals surface area contributed by atoms with Crippen molar-refractivity contribution in [3.63, 3.8) is 0 Å². The highest BCUT2D eigenvalue weighted by Crippen LogP contribution is 2.18. The Kier molecular flexibility index (Phi) is 3.93. The molecule has 0 aromatic heterocycles. The summed E-state index contributed by atoms with van der Waals surface area (Å²) >= 11 is 0. The molecule has 3 heteroatoms. The minimum absolute atomic E-state index is 0.0830. The van der Waals surface area contributed by atoms with E-state index in [1.807, 2.05) is 0 Å². The minimum Gasteiger partial charge on any atom is -0.379 e. The van der Waals surface area contributed by atoms with Gasteiger partial charge in [0.15, 0.2) is 0 Å². The SMILES string of the molecule is CCCC(C)(N)CNC1(C)CCOC1. The van der Waals surface area contributed by atoms with E-state index in [-0.39, 0.29) is 11.1 Å². The van der Waals surface area contributed by atoms with Crippen molar-refractivity contribution in [2.45, 2.75) is 51.1 Å².